The second-order valence-corrected chi connectivity index (χ2v) is 4.59. The molecule has 0 aliphatic rings. The predicted molar refractivity (Wildman–Crippen MR) is 63.3 cm³/mol. The van der Waals surface area contributed by atoms with E-state index in [4.69, 9.17) is 16.3 Å². The second-order valence-electron chi connectivity index (χ2n) is 3.08. The highest BCUT2D eigenvalue weighted by molar-refractivity contribution is 9.10. The van der Waals surface area contributed by atoms with Crippen LogP contribution in [0.4, 0.5) is 4.39 Å². The van der Waals surface area contributed by atoms with Crippen molar-refractivity contribution in [2.75, 3.05) is 6.61 Å². The standard InChI is InChI=1S/C11H10BrClFO2/c1-2-16-11(15)9(12)5-7-3-4-8(14)6-10(7)13/h3,6,9H,2,5H2,1H3. The predicted octanol–water partition coefficient (Wildman–Crippen LogP) is 3.15. The molecule has 1 radical (unpaired) electrons. The molecule has 1 atom stereocenters. The van der Waals surface area contributed by atoms with Crippen LogP contribution in [-0.4, -0.2) is 17.4 Å². The third-order valence-corrected chi connectivity index (χ3v) is 2.94. The van der Waals surface area contributed by atoms with Crippen molar-refractivity contribution in [2.45, 2.75) is 18.2 Å². The van der Waals surface area contributed by atoms with Gasteiger partial charge in [-0.15, -0.1) is 0 Å². The molecule has 0 amide bonds. The summed E-state index contributed by atoms with van der Waals surface area (Å²) in [5, 5.41) is 0.282. The van der Waals surface area contributed by atoms with Gasteiger partial charge < -0.3 is 4.74 Å². The fraction of sp³-hybridized carbons (Fsp3) is 0.364. The minimum absolute atomic E-state index is 0.282. The number of carbonyl (C=O) groups is 1. The molecule has 1 aromatic rings. The first-order valence-electron chi connectivity index (χ1n) is 4.71. The molecule has 0 heterocycles. The summed E-state index contributed by atoms with van der Waals surface area (Å²) in [5.74, 6) is -0.876. The van der Waals surface area contributed by atoms with Gasteiger partial charge in [-0.25, -0.2) is 4.39 Å². The molecule has 1 unspecified atom stereocenters. The van der Waals surface area contributed by atoms with E-state index >= 15 is 0 Å². The van der Waals surface area contributed by atoms with Crippen molar-refractivity contribution in [3.63, 3.8) is 0 Å². The lowest BCUT2D eigenvalue weighted by Crippen LogP contribution is -2.19. The van der Waals surface area contributed by atoms with Gasteiger partial charge in [0.25, 0.3) is 0 Å². The molecule has 0 aromatic heterocycles. The summed E-state index contributed by atoms with van der Waals surface area (Å²) in [7, 11) is 0. The van der Waals surface area contributed by atoms with Gasteiger partial charge in [0, 0.05) is 11.1 Å². The minimum atomic E-state index is -0.518. The Balaban J connectivity index is 2.69. The first-order valence-corrected chi connectivity index (χ1v) is 6.00. The molecule has 1 aromatic carbocycles. The number of hydrogen-bond acceptors (Lipinski definition) is 2. The summed E-state index contributed by atoms with van der Waals surface area (Å²) < 4.78 is 17.5. The zero-order valence-electron chi connectivity index (χ0n) is 8.60. The normalized spacial score (nSPS) is 12.2. The first-order chi connectivity index (χ1) is 7.54. The van der Waals surface area contributed by atoms with E-state index < -0.39 is 10.6 Å². The smallest absolute Gasteiger partial charge is 0.320 e. The van der Waals surface area contributed by atoms with Crippen LogP contribution in [0, 0.1) is 11.9 Å². The van der Waals surface area contributed by atoms with Crippen LogP contribution >= 0.6 is 27.5 Å². The Kier molecular flexibility index (Phi) is 5.22. The summed E-state index contributed by atoms with van der Waals surface area (Å²) in [6, 6.07) is 5.00. The Morgan fingerprint density at radius 3 is 3.00 bits per heavy atom. The van der Waals surface area contributed by atoms with Crippen molar-refractivity contribution >= 4 is 33.5 Å². The van der Waals surface area contributed by atoms with Crippen molar-refractivity contribution in [3.05, 3.63) is 34.6 Å². The lowest BCUT2D eigenvalue weighted by molar-refractivity contribution is -0.142. The van der Waals surface area contributed by atoms with Gasteiger partial charge >= 0.3 is 5.97 Å². The number of rotatable bonds is 4. The maximum absolute atomic E-state index is 12.7. The summed E-state index contributed by atoms with van der Waals surface area (Å²) in [5.41, 5.74) is 0.651. The Labute approximate surface area is 107 Å². The van der Waals surface area contributed by atoms with Gasteiger partial charge in [0.05, 0.1) is 6.61 Å². The van der Waals surface area contributed by atoms with E-state index in [1.54, 1.807) is 6.92 Å². The SMILES string of the molecule is CCOC(=O)C(Br)Cc1c[c]c(F)cc1Cl. The number of benzene rings is 1. The monoisotopic (exact) mass is 307 g/mol. The maximum atomic E-state index is 12.7. The van der Waals surface area contributed by atoms with E-state index in [1.165, 1.54) is 12.1 Å². The quantitative estimate of drug-likeness (QED) is 0.631. The maximum Gasteiger partial charge on any atom is 0.320 e. The van der Waals surface area contributed by atoms with Crippen LogP contribution in [0.25, 0.3) is 0 Å². The summed E-state index contributed by atoms with van der Waals surface area (Å²) in [4.78, 5) is 10.8. The molecule has 0 spiro atoms. The van der Waals surface area contributed by atoms with Crippen molar-refractivity contribution in [3.8, 4) is 0 Å². The van der Waals surface area contributed by atoms with Crippen molar-refractivity contribution in [2.24, 2.45) is 0 Å². The summed E-state index contributed by atoms with van der Waals surface area (Å²) >= 11 is 9.02. The minimum Gasteiger partial charge on any atom is -0.465 e. The fourth-order valence-electron chi connectivity index (χ4n) is 1.14. The van der Waals surface area contributed by atoms with Crippen LogP contribution in [0.15, 0.2) is 12.1 Å². The molecule has 0 saturated carbocycles. The van der Waals surface area contributed by atoms with Crippen LogP contribution in [0.5, 0.6) is 0 Å². The van der Waals surface area contributed by atoms with Crippen molar-refractivity contribution in [1.29, 1.82) is 0 Å². The summed E-state index contributed by atoms with van der Waals surface area (Å²) in [6.45, 7) is 2.06. The topological polar surface area (TPSA) is 26.3 Å². The Morgan fingerprint density at radius 2 is 2.44 bits per heavy atom. The molecule has 5 heteroatoms. The van der Waals surface area contributed by atoms with Gasteiger partial charge in [-0.2, -0.15) is 0 Å². The van der Waals surface area contributed by atoms with Gasteiger partial charge in [0.1, 0.15) is 10.6 Å². The number of halogens is 3. The average molecular weight is 309 g/mol. The van der Waals surface area contributed by atoms with Gasteiger partial charge in [0.2, 0.25) is 0 Å². The van der Waals surface area contributed by atoms with Crippen LogP contribution < -0.4 is 0 Å². The van der Waals surface area contributed by atoms with E-state index in [-0.39, 0.29) is 11.0 Å². The van der Waals surface area contributed by atoms with Crippen LogP contribution in [0.1, 0.15) is 12.5 Å². The van der Waals surface area contributed by atoms with E-state index in [9.17, 15) is 9.18 Å². The number of ether oxygens (including phenoxy) is 1. The van der Waals surface area contributed by atoms with Crippen LogP contribution in [-0.2, 0) is 16.0 Å². The molecule has 16 heavy (non-hydrogen) atoms. The molecule has 0 N–H and O–H groups in total. The highest BCUT2D eigenvalue weighted by atomic mass is 79.9. The van der Waals surface area contributed by atoms with Crippen LogP contribution in [0.3, 0.4) is 0 Å². The van der Waals surface area contributed by atoms with Crippen molar-refractivity contribution in [1.82, 2.24) is 0 Å². The van der Waals surface area contributed by atoms with Gasteiger partial charge in [0.15, 0.2) is 0 Å². The van der Waals surface area contributed by atoms with Gasteiger partial charge in [-0.05, 0) is 31.0 Å². The molecular weight excluding hydrogens is 298 g/mol. The number of alkyl halides is 1. The van der Waals surface area contributed by atoms with Gasteiger partial charge in [-0.3, -0.25) is 4.79 Å². The third-order valence-electron chi connectivity index (χ3n) is 1.89. The zero-order valence-corrected chi connectivity index (χ0v) is 10.9. The fourth-order valence-corrected chi connectivity index (χ4v) is 1.84. The second kappa shape index (κ2) is 6.21. The molecule has 0 fully saturated rings. The number of esters is 1. The Bertz CT molecular complexity index is 384. The lowest BCUT2D eigenvalue weighted by atomic mass is 10.1. The van der Waals surface area contributed by atoms with E-state index in [2.05, 4.69) is 22.0 Å². The highest BCUT2D eigenvalue weighted by Gasteiger charge is 2.18. The molecule has 87 valence electrons. The van der Waals surface area contributed by atoms with E-state index in [0.29, 0.717) is 18.6 Å². The average Bonchev–Trinajstić information content (AvgIpc) is 2.22. The molecule has 0 saturated heterocycles. The number of carbonyl (C=O) groups excluding carboxylic acids is 1. The number of hydrogen-bond donors (Lipinski definition) is 0. The third kappa shape index (κ3) is 3.76. The van der Waals surface area contributed by atoms with E-state index in [1.807, 2.05) is 0 Å². The zero-order chi connectivity index (χ0) is 12.1. The molecule has 2 nitrogen and oxygen atoms in total. The van der Waals surface area contributed by atoms with Crippen LogP contribution in [0.2, 0.25) is 5.02 Å². The van der Waals surface area contributed by atoms with E-state index in [0.717, 1.165) is 0 Å². The summed E-state index contributed by atoms with van der Waals surface area (Å²) in [6.07, 6.45) is 0.342. The molecule has 0 aliphatic carbocycles. The lowest BCUT2D eigenvalue weighted by Gasteiger charge is -2.09. The Morgan fingerprint density at radius 1 is 1.75 bits per heavy atom. The largest absolute Gasteiger partial charge is 0.465 e. The van der Waals surface area contributed by atoms with Gasteiger partial charge in [-0.1, -0.05) is 27.5 Å². The first kappa shape index (κ1) is 13.5. The highest BCUT2D eigenvalue weighted by Crippen LogP contribution is 2.21. The molecule has 0 bridgehead atoms. The molecule has 1 rings (SSSR count). The molecule has 0 aliphatic heterocycles. The molecular formula is C11H10BrClFO2. The van der Waals surface area contributed by atoms with Crippen molar-refractivity contribution < 1.29 is 13.9 Å². The Hall–Kier alpha value is -0.610.